The van der Waals surface area contributed by atoms with E-state index >= 15 is 0 Å². The standard InChI is InChI=1S/C13H26N2O2/c1-16-11-13(4-6-14-7-5-13)10-15-8-3-12(9-15)17-2/h12,14H,3-11H2,1-2H3. The second-order valence-electron chi connectivity index (χ2n) is 5.56. The molecule has 2 heterocycles. The molecular weight excluding hydrogens is 216 g/mol. The minimum atomic E-state index is 0.364. The van der Waals surface area contributed by atoms with Crippen LogP contribution in [0.25, 0.3) is 0 Å². The molecule has 1 atom stereocenters. The van der Waals surface area contributed by atoms with Crippen LogP contribution >= 0.6 is 0 Å². The molecule has 2 fully saturated rings. The zero-order valence-electron chi connectivity index (χ0n) is 11.2. The molecule has 0 aromatic heterocycles. The number of ether oxygens (including phenoxy) is 2. The van der Waals surface area contributed by atoms with E-state index in [2.05, 4.69) is 10.2 Å². The summed E-state index contributed by atoms with van der Waals surface area (Å²) in [5.74, 6) is 0. The topological polar surface area (TPSA) is 33.7 Å². The van der Waals surface area contributed by atoms with Crippen LogP contribution in [0.5, 0.6) is 0 Å². The third-order valence-corrected chi connectivity index (χ3v) is 4.24. The van der Waals surface area contributed by atoms with Gasteiger partial charge in [-0.1, -0.05) is 0 Å². The predicted octanol–water partition coefficient (Wildman–Crippen LogP) is 0.723. The predicted molar refractivity (Wildman–Crippen MR) is 68.3 cm³/mol. The van der Waals surface area contributed by atoms with Gasteiger partial charge in [0.25, 0.3) is 0 Å². The molecule has 0 amide bonds. The van der Waals surface area contributed by atoms with Gasteiger partial charge in [0, 0.05) is 39.3 Å². The number of methoxy groups -OCH3 is 2. The number of likely N-dealkylation sites (tertiary alicyclic amines) is 1. The smallest absolute Gasteiger partial charge is 0.0710 e. The number of nitrogens with one attached hydrogen (secondary N) is 1. The van der Waals surface area contributed by atoms with Gasteiger partial charge in [0.2, 0.25) is 0 Å². The molecule has 2 aliphatic rings. The van der Waals surface area contributed by atoms with E-state index in [0.29, 0.717) is 11.5 Å². The van der Waals surface area contributed by atoms with E-state index in [4.69, 9.17) is 9.47 Å². The van der Waals surface area contributed by atoms with E-state index in [1.54, 1.807) is 0 Å². The van der Waals surface area contributed by atoms with Crippen LogP contribution in [0.15, 0.2) is 0 Å². The summed E-state index contributed by atoms with van der Waals surface area (Å²) >= 11 is 0. The van der Waals surface area contributed by atoms with Crippen LogP contribution in [-0.4, -0.2) is 64.6 Å². The molecule has 0 aliphatic carbocycles. The Bertz CT molecular complexity index is 224. The Kier molecular flexibility index (Phi) is 4.79. The van der Waals surface area contributed by atoms with Crippen LogP contribution in [0, 0.1) is 5.41 Å². The van der Waals surface area contributed by atoms with Crippen molar-refractivity contribution in [2.45, 2.75) is 25.4 Å². The molecule has 100 valence electrons. The minimum Gasteiger partial charge on any atom is -0.384 e. The highest BCUT2D eigenvalue weighted by atomic mass is 16.5. The van der Waals surface area contributed by atoms with Crippen molar-refractivity contribution >= 4 is 0 Å². The zero-order valence-corrected chi connectivity index (χ0v) is 11.2. The maximum absolute atomic E-state index is 5.46. The van der Waals surface area contributed by atoms with Gasteiger partial charge in [-0.2, -0.15) is 0 Å². The fraction of sp³-hybridized carbons (Fsp3) is 1.00. The summed E-state index contributed by atoms with van der Waals surface area (Å²) < 4.78 is 10.9. The van der Waals surface area contributed by atoms with E-state index in [0.717, 1.165) is 26.2 Å². The molecule has 0 aromatic rings. The van der Waals surface area contributed by atoms with Crippen molar-refractivity contribution in [2.75, 3.05) is 53.6 Å². The Balaban J connectivity index is 1.88. The van der Waals surface area contributed by atoms with Gasteiger partial charge in [-0.15, -0.1) is 0 Å². The lowest BCUT2D eigenvalue weighted by Gasteiger charge is -2.40. The number of hydrogen-bond donors (Lipinski definition) is 1. The van der Waals surface area contributed by atoms with Gasteiger partial charge < -0.3 is 19.7 Å². The molecule has 2 aliphatic heterocycles. The van der Waals surface area contributed by atoms with Gasteiger partial charge in [-0.05, 0) is 32.4 Å². The van der Waals surface area contributed by atoms with Crippen molar-refractivity contribution in [3.63, 3.8) is 0 Å². The van der Waals surface area contributed by atoms with Crippen LogP contribution in [0.2, 0.25) is 0 Å². The van der Waals surface area contributed by atoms with Crippen LogP contribution < -0.4 is 5.32 Å². The molecular formula is C13H26N2O2. The van der Waals surface area contributed by atoms with Crippen molar-refractivity contribution in [2.24, 2.45) is 5.41 Å². The number of nitrogens with zero attached hydrogens (tertiary/aromatic N) is 1. The summed E-state index contributed by atoms with van der Waals surface area (Å²) in [6.45, 7) is 6.59. The van der Waals surface area contributed by atoms with E-state index in [9.17, 15) is 0 Å². The molecule has 0 bridgehead atoms. The SMILES string of the molecule is COCC1(CN2CCC(OC)C2)CCNCC1. The monoisotopic (exact) mass is 242 g/mol. The quantitative estimate of drug-likeness (QED) is 0.770. The van der Waals surface area contributed by atoms with Gasteiger partial charge in [0.1, 0.15) is 0 Å². The Morgan fingerprint density at radius 2 is 2.06 bits per heavy atom. The molecule has 0 radical (unpaired) electrons. The zero-order chi connectivity index (χ0) is 12.1. The van der Waals surface area contributed by atoms with Gasteiger partial charge in [0.15, 0.2) is 0 Å². The summed E-state index contributed by atoms with van der Waals surface area (Å²) in [7, 11) is 3.65. The van der Waals surface area contributed by atoms with Gasteiger partial charge in [-0.3, -0.25) is 0 Å². The van der Waals surface area contributed by atoms with E-state index in [-0.39, 0.29) is 0 Å². The Hall–Kier alpha value is -0.160. The highest BCUT2D eigenvalue weighted by molar-refractivity contribution is 4.89. The molecule has 0 saturated carbocycles. The van der Waals surface area contributed by atoms with E-state index in [1.165, 1.54) is 32.4 Å². The van der Waals surface area contributed by atoms with E-state index in [1.807, 2.05) is 14.2 Å². The van der Waals surface area contributed by atoms with E-state index < -0.39 is 0 Å². The molecule has 0 spiro atoms. The molecule has 4 heteroatoms. The normalized spacial score (nSPS) is 29.6. The molecule has 4 nitrogen and oxygen atoms in total. The summed E-state index contributed by atoms with van der Waals surface area (Å²) in [6.07, 6.45) is 4.08. The Labute approximate surface area is 105 Å². The molecule has 17 heavy (non-hydrogen) atoms. The van der Waals surface area contributed by atoms with Gasteiger partial charge in [0.05, 0.1) is 12.7 Å². The number of piperidine rings is 1. The second kappa shape index (κ2) is 6.14. The lowest BCUT2D eigenvalue weighted by molar-refractivity contribution is 0.0230. The molecule has 1 unspecified atom stereocenters. The Morgan fingerprint density at radius 1 is 1.29 bits per heavy atom. The second-order valence-corrected chi connectivity index (χ2v) is 5.56. The maximum atomic E-state index is 5.46. The average molecular weight is 242 g/mol. The largest absolute Gasteiger partial charge is 0.384 e. The fourth-order valence-electron chi connectivity index (χ4n) is 3.22. The van der Waals surface area contributed by atoms with Crippen LogP contribution in [0.1, 0.15) is 19.3 Å². The maximum Gasteiger partial charge on any atom is 0.0710 e. The van der Waals surface area contributed by atoms with Crippen molar-refractivity contribution in [3.8, 4) is 0 Å². The molecule has 1 N–H and O–H groups in total. The first kappa shape index (κ1) is 13.3. The number of hydrogen-bond acceptors (Lipinski definition) is 4. The summed E-state index contributed by atoms with van der Waals surface area (Å²) in [6, 6.07) is 0. The Morgan fingerprint density at radius 3 is 2.65 bits per heavy atom. The van der Waals surface area contributed by atoms with Crippen LogP contribution in [0.4, 0.5) is 0 Å². The summed E-state index contributed by atoms with van der Waals surface area (Å²) in [5, 5.41) is 3.44. The van der Waals surface area contributed by atoms with Crippen molar-refractivity contribution in [1.29, 1.82) is 0 Å². The molecule has 2 rings (SSSR count). The van der Waals surface area contributed by atoms with Gasteiger partial charge >= 0.3 is 0 Å². The van der Waals surface area contributed by atoms with Crippen molar-refractivity contribution < 1.29 is 9.47 Å². The lowest BCUT2D eigenvalue weighted by atomic mass is 9.79. The van der Waals surface area contributed by atoms with Crippen LogP contribution in [-0.2, 0) is 9.47 Å². The lowest BCUT2D eigenvalue weighted by Crippen LogP contribution is -2.47. The van der Waals surface area contributed by atoms with Crippen molar-refractivity contribution in [3.05, 3.63) is 0 Å². The first-order chi connectivity index (χ1) is 8.28. The first-order valence-corrected chi connectivity index (χ1v) is 6.73. The third-order valence-electron chi connectivity index (χ3n) is 4.24. The highest BCUT2D eigenvalue weighted by Gasteiger charge is 2.36. The average Bonchev–Trinajstić information content (AvgIpc) is 2.78. The first-order valence-electron chi connectivity index (χ1n) is 6.73. The number of rotatable bonds is 5. The third kappa shape index (κ3) is 3.41. The van der Waals surface area contributed by atoms with Gasteiger partial charge in [-0.25, -0.2) is 0 Å². The van der Waals surface area contributed by atoms with Crippen molar-refractivity contribution in [1.82, 2.24) is 10.2 Å². The highest BCUT2D eigenvalue weighted by Crippen LogP contribution is 2.31. The summed E-state index contributed by atoms with van der Waals surface area (Å²) in [5.41, 5.74) is 0.364. The minimum absolute atomic E-state index is 0.364. The fourth-order valence-corrected chi connectivity index (χ4v) is 3.22. The molecule has 0 aromatic carbocycles. The molecule has 2 saturated heterocycles. The van der Waals surface area contributed by atoms with Crippen LogP contribution in [0.3, 0.4) is 0 Å². The summed E-state index contributed by atoms with van der Waals surface area (Å²) in [4.78, 5) is 2.55.